The van der Waals surface area contributed by atoms with Gasteiger partial charge >= 0.3 is 0 Å². The Morgan fingerprint density at radius 1 is 0.618 bits per heavy atom. The van der Waals surface area contributed by atoms with Gasteiger partial charge in [0, 0.05) is 16.5 Å². The molecule has 0 unspecified atom stereocenters. The molecular formula is C33H33F. The Bertz CT molecular complexity index is 1280. The molecular weight excluding hydrogens is 415 g/mol. The van der Waals surface area contributed by atoms with Crippen LogP contribution in [0.25, 0.3) is 10.8 Å². The first-order chi connectivity index (χ1) is 16.7. The predicted molar refractivity (Wildman–Crippen MR) is 143 cm³/mol. The fourth-order valence-electron chi connectivity index (χ4n) is 4.30. The molecule has 172 valence electrons. The summed E-state index contributed by atoms with van der Waals surface area (Å²) in [5.74, 6) is 6.42. The van der Waals surface area contributed by atoms with E-state index in [0.29, 0.717) is 5.39 Å². The number of hydrogen-bond donors (Lipinski definition) is 0. The molecule has 0 atom stereocenters. The molecule has 0 aliphatic heterocycles. The zero-order valence-electron chi connectivity index (χ0n) is 20.3. The highest BCUT2D eigenvalue weighted by Gasteiger charge is 2.07. The summed E-state index contributed by atoms with van der Waals surface area (Å²) in [5.41, 5.74) is 6.80. The SMILES string of the molecule is CCCCCc1ccc2cc(C#Cc3ccc(CCc4ccc(CC)cc4)cc3)ccc2c1F. The maximum absolute atomic E-state index is 14.9. The molecule has 0 nitrogen and oxygen atoms in total. The number of hydrogen-bond acceptors (Lipinski definition) is 0. The van der Waals surface area contributed by atoms with Crippen molar-refractivity contribution < 1.29 is 4.39 Å². The molecule has 4 aromatic carbocycles. The molecule has 0 saturated heterocycles. The molecule has 0 amide bonds. The minimum Gasteiger partial charge on any atom is -0.206 e. The van der Waals surface area contributed by atoms with Crippen molar-refractivity contribution in [3.8, 4) is 11.8 Å². The normalized spacial score (nSPS) is 10.8. The largest absolute Gasteiger partial charge is 0.206 e. The Morgan fingerprint density at radius 3 is 1.91 bits per heavy atom. The van der Waals surface area contributed by atoms with Crippen LogP contribution in [0.1, 0.15) is 66.5 Å². The van der Waals surface area contributed by atoms with Gasteiger partial charge in [-0.05, 0) is 84.0 Å². The second kappa shape index (κ2) is 11.7. The molecule has 0 heterocycles. The second-order valence-corrected chi connectivity index (χ2v) is 9.05. The molecule has 4 rings (SSSR count). The van der Waals surface area contributed by atoms with Crippen LogP contribution >= 0.6 is 0 Å². The summed E-state index contributed by atoms with van der Waals surface area (Å²) in [5, 5.41) is 1.60. The predicted octanol–water partition coefficient (Wildman–Crippen LogP) is 8.46. The summed E-state index contributed by atoms with van der Waals surface area (Å²) in [4.78, 5) is 0. The van der Waals surface area contributed by atoms with Gasteiger partial charge in [0.2, 0.25) is 0 Å². The average molecular weight is 449 g/mol. The van der Waals surface area contributed by atoms with Gasteiger partial charge in [-0.25, -0.2) is 4.39 Å². The molecule has 0 spiro atoms. The van der Waals surface area contributed by atoms with Gasteiger partial charge in [-0.3, -0.25) is 0 Å². The van der Waals surface area contributed by atoms with Crippen molar-refractivity contribution in [1.82, 2.24) is 0 Å². The first kappa shape index (κ1) is 23.8. The lowest BCUT2D eigenvalue weighted by atomic mass is 10.00. The number of halogens is 1. The third-order valence-corrected chi connectivity index (χ3v) is 6.52. The van der Waals surface area contributed by atoms with Gasteiger partial charge in [0.05, 0.1) is 0 Å². The van der Waals surface area contributed by atoms with Crippen LogP contribution in [0.3, 0.4) is 0 Å². The molecule has 1 heteroatoms. The van der Waals surface area contributed by atoms with E-state index in [1.165, 1.54) is 16.7 Å². The summed E-state index contributed by atoms with van der Waals surface area (Å²) >= 11 is 0. The van der Waals surface area contributed by atoms with Gasteiger partial charge in [0.25, 0.3) is 0 Å². The molecule has 0 aromatic heterocycles. The van der Waals surface area contributed by atoms with E-state index in [0.717, 1.165) is 67.0 Å². The molecule has 4 aromatic rings. The van der Waals surface area contributed by atoms with Crippen LogP contribution in [0, 0.1) is 17.7 Å². The molecule has 0 radical (unpaired) electrons. The van der Waals surface area contributed by atoms with Crippen molar-refractivity contribution in [3.05, 3.63) is 118 Å². The Balaban J connectivity index is 1.40. The number of rotatable bonds is 8. The topological polar surface area (TPSA) is 0 Å². The average Bonchev–Trinajstić information content (AvgIpc) is 2.88. The van der Waals surface area contributed by atoms with Gasteiger partial charge in [-0.2, -0.15) is 0 Å². The minimum atomic E-state index is -0.0787. The zero-order chi connectivity index (χ0) is 23.8. The van der Waals surface area contributed by atoms with E-state index >= 15 is 0 Å². The van der Waals surface area contributed by atoms with Crippen molar-refractivity contribution in [2.75, 3.05) is 0 Å². The molecule has 34 heavy (non-hydrogen) atoms. The van der Waals surface area contributed by atoms with Crippen molar-refractivity contribution >= 4 is 10.8 Å². The summed E-state index contributed by atoms with van der Waals surface area (Å²) in [6.45, 7) is 4.35. The Hall–Kier alpha value is -3.37. The second-order valence-electron chi connectivity index (χ2n) is 9.05. The summed E-state index contributed by atoms with van der Waals surface area (Å²) in [6.07, 6.45) is 7.27. The molecule has 0 aliphatic rings. The van der Waals surface area contributed by atoms with Gasteiger partial charge in [-0.15, -0.1) is 0 Å². The Kier molecular flexibility index (Phi) is 8.16. The van der Waals surface area contributed by atoms with Crippen LogP contribution in [0.5, 0.6) is 0 Å². The standard InChI is InChI=1S/C33H33F/c1-3-5-6-7-30-21-22-31-24-29(20-23-32(31)33(30)34)19-18-28-16-14-27(15-17-28)13-12-26-10-8-25(4-2)9-11-26/h8-11,14-17,20-24H,3-7,12-13H2,1-2H3. The zero-order valence-corrected chi connectivity index (χ0v) is 20.3. The van der Waals surface area contributed by atoms with E-state index in [2.05, 4.69) is 74.2 Å². The third kappa shape index (κ3) is 6.15. The highest BCUT2D eigenvalue weighted by Crippen LogP contribution is 2.24. The molecule has 0 fully saturated rings. The maximum atomic E-state index is 14.9. The van der Waals surface area contributed by atoms with E-state index < -0.39 is 0 Å². The Labute approximate surface area is 203 Å². The fraction of sp³-hybridized carbons (Fsp3) is 0.273. The van der Waals surface area contributed by atoms with Crippen LogP contribution in [-0.4, -0.2) is 0 Å². The van der Waals surface area contributed by atoms with E-state index in [-0.39, 0.29) is 5.82 Å². The van der Waals surface area contributed by atoms with E-state index in [9.17, 15) is 4.39 Å². The van der Waals surface area contributed by atoms with Gasteiger partial charge in [0.1, 0.15) is 5.82 Å². The van der Waals surface area contributed by atoms with Gasteiger partial charge < -0.3 is 0 Å². The van der Waals surface area contributed by atoms with Crippen LogP contribution in [0.2, 0.25) is 0 Å². The third-order valence-electron chi connectivity index (χ3n) is 6.52. The highest BCUT2D eigenvalue weighted by atomic mass is 19.1. The van der Waals surface area contributed by atoms with Gasteiger partial charge in [0.15, 0.2) is 0 Å². The lowest BCUT2D eigenvalue weighted by molar-refractivity contribution is 0.609. The van der Waals surface area contributed by atoms with Crippen molar-refractivity contribution in [2.45, 2.75) is 58.8 Å². The Morgan fingerprint density at radius 2 is 1.24 bits per heavy atom. The van der Waals surface area contributed by atoms with E-state index in [4.69, 9.17) is 0 Å². The monoisotopic (exact) mass is 448 g/mol. The lowest BCUT2D eigenvalue weighted by Gasteiger charge is -2.07. The first-order valence-electron chi connectivity index (χ1n) is 12.6. The van der Waals surface area contributed by atoms with E-state index in [1.807, 2.05) is 30.3 Å². The number of aryl methyl sites for hydroxylation is 4. The number of unbranched alkanes of at least 4 members (excludes halogenated alkanes) is 2. The van der Waals surface area contributed by atoms with Crippen molar-refractivity contribution in [3.63, 3.8) is 0 Å². The highest BCUT2D eigenvalue weighted by molar-refractivity contribution is 5.85. The van der Waals surface area contributed by atoms with Crippen LogP contribution in [0.4, 0.5) is 4.39 Å². The van der Waals surface area contributed by atoms with Crippen LogP contribution in [-0.2, 0) is 25.7 Å². The molecule has 0 aliphatic carbocycles. The summed E-state index contributed by atoms with van der Waals surface area (Å²) < 4.78 is 14.9. The summed E-state index contributed by atoms with van der Waals surface area (Å²) in [7, 11) is 0. The van der Waals surface area contributed by atoms with Crippen LogP contribution in [0.15, 0.2) is 78.9 Å². The van der Waals surface area contributed by atoms with E-state index in [1.54, 1.807) is 0 Å². The quantitative estimate of drug-likeness (QED) is 0.187. The molecule has 0 saturated carbocycles. The van der Waals surface area contributed by atoms with Crippen molar-refractivity contribution in [2.24, 2.45) is 0 Å². The number of fused-ring (bicyclic) bond motifs is 1. The smallest absolute Gasteiger partial charge is 0.134 e. The van der Waals surface area contributed by atoms with Crippen molar-refractivity contribution in [1.29, 1.82) is 0 Å². The number of benzene rings is 4. The fourth-order valence-corrected chi connectivity index (χ4v) is 4.30. The summed E-state index contributed by atoms with van der Waals surface area (Å²) in [6, 6.07) is 27.2. The van der Waals surface area contributed by atoms with Crippen LogP contribution < -0.4 is 0 Å². The minimum absolute atomic E-state index is 0.0787. The lowest BCUT2D eigenvalue weighted by Crippen LogP contribution is -1.93. The molecule has 0 bridgehead atoms. The van der Waals surface area contributed by atoms with Gasteiger partial charge in [-0.1, -0.05) is 93.1 Å². The molecule has 0 N–H and O–H groups in total. The first-order valence-corrected chi connectivity index (χ1v) is 12.6. The maximum Gasteiger partial charge on any atom is 0.134 e.